The number of nitrogens with two attached hydrogens (primary N) is 1. The second-order valence-corrected chi connectivity index (χ2v) is 1.93. The quantitative estimate of drug-likeness (QED) is 0.433. The first-order valence-electron chi connectivity index (χ1n) is 2.85. The molecule has 1 radical (unpaired) electrons. The van der Waals surface area contributed by atoms with Gasteiger partial charge in [0, 0.05) is 0 Å². The van der Waals surface area contributed by atoms with Gasteiger partial charge < -0.3 is 5.73 Å². The fraction of sp³-hybridized carbons (Fsp3) is 0. The van der Waals surface area contributed by atoms with E-state index in [1.54, 1.807) is 0 Å². The standard InChI is InChI=1S/C5H3N5O/c6-5-9-3-2(4(11)10-5)7-1-8-3/h1H,(H2,6,10,11)/q+1. The molecule has 53 valence electrons. The lowest BCUT2D eigenvalue weighted by atomic mass is 10.3. The van der Waals surface area contributed by atoms with Crippen molar-refractivity contribution in [2.75, 3.05) is 0 Å². The van der Waals surface area contributed by atoms with Crippen molar-refractivity contribution in [3.8, 4) is 0 Å². The van der Waals surface area contributed by atoms with E-state index in [4.69, 9.17) is 5.73 Å². The van der Waals surface area contributed by atoms with E-state index >= 15 is 0 Å². The minimum Gasteiger partial charge on any atom is -0.354 e. The van der Waals surface area contributed by atoms with Crippen LogP contribution in [0.3, 0.4) is 0 Å². The summed E-state index contributed by atoms with van der Waals surface area (Å²) in [6.07, 6.45) is 1.25. The van der Waals surface area contributed by atoms with Gasteiger partial charge in [0.05, 0.1) is 0 Å². The van der Waals surface area contributed by atoms with Crippen LogP contribution in [0.5, 0.6) is 0 Å². The van der Waals surface area contributed by atoms with Crippen LogP contribution in [-0.4, -0.2) is 29.8 Å². The number of hydrogen-bond donors (Lipinski definition) is 1. The molecule has 0 aromatic heterocycles. The van der Waals surface area contributed by atoms with Gasteiger partial charge in [-0.05, 0) is 0 Å². The lowest BCUT2D eigenvalue weighted by Gasteiger charge is -1.92. The van der Waals surface area contributed by atoms with Gasteiger partial charge in [-0.3, -0.25) is 4.79 Å². The number of hydrogen-bond acceptors (Lipinski definition) is 5. The molecule has 0 aromatic carbocycles. The third-order valence-electron chi connectivity index (χ3n) is 1.22. The zero-order valence-corrected chi connectivity index (χ0v) is 5.35. The third-order valence-corrected chi connectivity index (χ3v) is 1.22. The van der Waals surface area contributed by atoms with Crippen LogP contribution >= 0.6 is 0 Å². The van der Waals surface area contributed by atoms with Gasteiger partial charge in [0.2, 0.25) is 0 Å². The number of carbonyl (C=O) groups excluding carboxylic acids is 1. The summed E-state index contributed by atoms with van der Waals surface area (Å²) in [6, 6.07) is 0. The maximum atomic E-state index is 10.9. The van der Waals surface area contributed by atoms with Crippen LogP contribution < -0.4 is 10.7 Å². The summed E-state index contributed by atoms with van der Waals surface area (Å²) in [7, 11) is 0. The molecule has 6 nitrogen and oxygen atoms in total. The predicted molar refractivity (Wildman–Crippen MR) is 39.7 cm³/mol. The van der Waals surface area contributed by atoms with E-state index in [0.717, 1.165) is 0 Å². The topological polar surface area (TPSA) is 94.3 Å². The summed E-state index contributed by atoms with van der Waals surface area (Å²) < 4.78 is 0. The second-order valence-electron chi connectivity index (χ2n) is 1.93. The molecule has 0 saturated carbocycles. The van der Waals surface area contributed by atoms with Crippen LogP contribution in [0.1, 0.15) is 0 Å². The van der Waals surface area contributed by atoms with Gasteiger partial charge in [-0.2, -0.15) is 4.99 Å². The molecule has 0 bridgehead atoms. The molecule has 2 N–H and O–H groups in total. The van der Waals surface area contributed by atoms with Crippen molar-refractivity contribution in [3.05, 3.63) is 0 Å². The van der Waals surface area contributed by atoms with Gasteiger partial charge in [0.15, 0.2) is 0 Å². The number of amides is 1. The highest BCUT2D eigenvalue weighted by atomic mass is 16.1. The number of amidine groups is 1. The molecule has 2 aliphatic heterocycles. The summed E-state index contributed by atoms with van der Waals surface area (Å²) in [5.74, 6) is -0.296. The number of fused-ring (bicyclic) bond motifs is 1. The molecule has 2 heterocycles. The van der Waals surface area contributed by atoms with Crippen molar-refractivity contribution in [3.63, 3.8) is 0 Å². The summed E-state index contributed by atoms with van der Waals surface area (Å²) >= 11 is 0. The van der Waals surface area contributed by atoms with E-state index in [1.165, 1.54) is 6.34 Å². The van der Waals surface area contributed by atoms with Crippen LogP contribution in [-0.2, 0) is 4.79 Å². The minimum atomic E-state index is -0.481. The Labute approximate surface area is 61.3 Å². The molecule has 0 saturated heterocycles. The normalized spacial score (nSPS) is 20.7. The summed E-state index contributed by atoms with van der Waals surface area (Å²) in [5, 5.41) is 0. The first-order chi connectivity index (χ1) is 5.27. The average molecular weight is 149 g/mol. The Morgan fingerprint density at radius 2 is 2.27 bits per heavy atom. The van der Waals surface area contributed by atoms with Gasteiger partial charge in [0.25, 0.3) is 12.1 Å². The van der Waals surface area contributed by atoms with E-state index in [2.05, 4.69) is 20.0 Å². The lowest BCUT2D eigenvalue weighted by Crippen LogP contribution is -2.31. The molecule has 0 aromatic rings. The molecule has 0 aliphatic carbocycles. The third kappa shape index (κ3) is 0.759. The number of guanidine groups is 1. The van der Waals surface area contributed by atoms with Gasteiger partial charge in [0.1, 0.15) is 0 Å². The van der Waals surface area contributed by atoms with Crippen molar-refractivity contribution < 1.29 is 4.79 Å². The van der Waals surface area contributed by atoms with Crippen molar-refractivity contribution in [1.82, 2.24) is 4.99 Å². The maximum absolute atomic E-state index is 10.9. The minimum absolute atomic E-state index is 0.0667. The molecule has 0 unspecified atom stereocenters. The molecule has 0 spiro atoms. The Morgan fingerprint density at radius 1 is 1.45 bits per heavy atom. The highest BCUT2D eigenvalue weighted by Crippen LogP contribution is 1.97. The number of aliphatic imine (C=N–C) groups is 4. The smallest absolute Gasteiger partial charge is 0.349 e. The predicted octanol–water partition coefficient (Wildman–Crippen LogP) is -1.94. The average Bonchev–Trinajstić information content (AvgIpc) is 2.34. The van der Waals surface area contributed by atoms with Crippen molar-refractivity contribution in [2.45, 2.75) is 0 Å². The Morgan fingerprint density at radius 3 is 3.09 bits per heavy atom. The van der Waals surface area contributed by atoms with E-state index in [1.807, 2.05) is 0 Å². The molecule has 2 rings (SSSR count). The molecule has 0 fully saturated rings. The van der Waals surface area contributed by atoms with Gasteiger partial charge in [-0.25, -0.2) is 0 Å². The molecule has 0 atom stereocenters. The van der Waals surface area contributed by atoms with Crippen LogP contribution in [0, 0.1) is 0 Å². The van der Waals surface area contributed by atoms with Crippen molar-refractivity contribution in [1.29, 1.82) is 0 Å². The maximum Gasteiger partial charge on any atom is 0.349 e. The zero-order chi connectivity index (χ0) is 7.84. The fourth-order valence-electron chi connectivity index (χ4n) is 0.783. The largest absolute Gasteiger partial charge is 0.354 e. The monoisotopic (exact) mass is 149 g/mol. The molecular weight excluding hydrogens is 146 g/mol. The van der Waals surface area contributed by atoms with Crippen molar-refractivity contribution in [2.24, 2.45) is 20.7 Å². The van der Waals surface area contributed by atoms with E-state index in [9.17, 15) is 4.79 Å². The first kappa shape index (κ1) is 5.90. The molecule has 2 aliphatic rings. The highest BCUT2D eigenvalue weighted by molar-refractivity contribution is 6.70. The number of carbonyl (C=O) groups is 1. The van der Waals surface area contributed by atoms with Gasteiger partial charge in [-0.1, -0.05) is 15.0 Å². The number of rotatable bonds is 0. The highest BCUT2D eigenvalue weighted by Gasteiger charge is 2.34. The van der Waals surface area contributed by atoms with Crippen LogP contribution in [0.25, 0.3) is 0 Å². The van der Waals surface area contributed by atoms with E-state index in [-0.39, 0.29) is 17.5 Å². The SMILES string of the molecule is NC1=NC(=O)C2=NC=[N+]C2=N1. The molecule has 1 amide bonds. The molecule has 11 heavy (non-hydrogen) atoms. The van der Waals surface area contributed by atoms with Gasteiger partial charge >= 0.3 is 17.7 Å². The summed E-state index contributed by atoms with van der Waals surface area (Å²) in [5.41, 5.74) is 5.36. The first-order valence-corrected chi connectivity index (χ1v) is 2.85. The lowest BCUT2D eigenvalue weighted by molar-refractivity contribution is -0.111. The van der Waals surface area contributed by atoms with Crippen LogP contribution in [0.15, 0.2) is 15.0 Å². The Bertz CT molecular complexity index is 348. The second kappa shape index (κ2) is 1.82. The summed E-state index contributed by atoms with van der Waals surface area (Å²) in [6.45, 7) is 0. The Kier molecular flexibility index (Phi) is 0.974. The Balaban J connectivity index is 2.54. The van der Waals surface area contributed by atoms with Crippen LogP contribution in [0.2, 0.25) is 0 Å². The van der Waals surface area contributed by atoms with Crippen LogP contribution in [0.4, 0.5) is 0 Å². The molecular formula is C5H3N5O+. The number of nitrogens with zero attached hydrogens (tertiary/aromatic N) is 4. The van der Waals surface area contributed by atoms with E-state index < -0.39 is 5.91 Å². The summed E-state index contributed by atoms with van der Waals surface area (Å²) in [4.78, 5) is 25.4. The molecule has 6 heteroatoms. The van der Waals surface area contributed by atoms with Crippen molar-refractivity contribution >= 4 is 29.8 Å². The van der Waals surface area contributed by atoms with Gasteiger partial charge in [-0.15, -0.1) is 0 Å². The fourth-order valence-corrected chi connectivity index (χ4v) is 0.783. The Hall–Kier alpha value is -1.85. The van der Waals surface area contributed by atoms with E-state index in [0.29, 0.717) is 0 Å². The zero-order valence-electron chi connectivity index (χ0n) is 5.35.